The highest BCUT2D eigenvalue weighted by atomic mass is 13.7. The zero-order valence-corrected chi connectivity index (χ0v) is 27.2. The Kier molecular flexibility index (Phi) is 17.3. The van der Waals surface area contributed by atoms with Crippen molar-refractivity contribution in [3.63, 3.8) is 0 Å². The van der Waals surface area contributed by atoms with Crippen LogP contribution in [0.15, 0.2) is 0 Å². The molecule has 34 heavy (non-hydrogen) atoms. The van der Waals surface area contributed by atoms with Crippen LogP contribution in [0.4, 0.5) is 0 Å². The minimum absolute atomic E-state index is 0.710. The molecule has 0 heterocycles. The molecule has 0 amide bonds. The van der Waals surface area contributed by atoms with Crippen molar-refractivity contribution in [3.8, 4) is 0 Å². The van der Waals surface area contributed by atoms with E-state index in [9.17, 15) is 0 Å². The van der Waals surface area contributed by atoms with E-state index in [-0.39, 0.29) is 0 Å². The maximum Gasteiger partial charge on any atom is 0.0559 e. The minimum atomic E-state index is 0.710. The first-order valence-electron chi connectivity index (χ1n) is 15.4. The second kappa shape index (κ2) is 16.3. The Balaban J connectivity index is 7.58. The molecule has 0 aromatic heterocycles. The summed E-state index contributed by atoms with van der Waals surface area (Å²) >= 11 is 0. The van der Waals surface area contributed by atoms with Gasteiger partial charge in [0.05, 0.1) is 139 Å². The number of hydrogen-bond donors (Lipinski definition) is 0. The van der Waals surface area contributed by atoms with Gasteiger partial charge in [-0.05, 0) is 0 Å². The van der Waals surface area contributed by atoms with Gasteiger partial charge in [0.2, 0.25) is 0 Å². The van der Waals surface area contributed by atoms with Crippen molar-refractivity contribution < 1.29 is 0 Å². The van der Waals surface area contributed by atoms with Crippen LogP contribution in [0.1, 0.15) is 0 Å². The quantitative estimate of drug-likeness (QED) is 0.237. The predicted molar refractivity (Wildman–Crippen MR) is 244 cm³/mol. The normalized spacial score (nSPS) is 10.6. The molecule has 1 atom stereocenters. The van der Waals surface area contributed by atoms with E-state index >= 15 is 0 Å². The average molecular weight is 406 g/mol. The molecule has 1 unspecified atom stereocenters. The van der Waals surface area contributed by atoms with Crippen LogP contribution in [-0.2, 0) is 0 Å². The SMILES string of the molecule is BB(B)B(B(B)B)B(B(B)B)C(B(B(B)B)B(B)B)B(B(B(B)B)B(B)B)B(B(B)B)B(B)B. The molecule has 0 fully saturated rings. The lowest BCUT2D eigenvalue weighted by molar-refractivity contribution is 1.80. The Bertz CT molecular complexity index is 473. The summed E-state index contributed by atoms with van der Waals surface area (Å²) in [5.74, 6) is 0. The fourth-order valence-electron chi connectivity index (χ4n) is 9.32. The lowest BCUT2D eigenvalue weighted by Gasteiger charge is -2.52. The summed E-state index contributed by atoms with van der Waals surface area (Å²) in [5.41, 5.74) is 0.763. The average Bonchev–Trinajstić information content (AvgIpc) is 2.60. The van der Waals surface area contributed by atoms with E-state index < -0.39 is 0 Å². The zero-order chi connectivity index (χ0) is 27.2. The maximum absolute atomic E-state index is 2.56. The maximum atomic E-state index is 2.56. The van der Waals surface area contributed by atoms with Gasteiger partial charge in [-0.3, -0.25) is 0 Å². The summed E-state index contributed by atoms with van der Waals surface area (Å²) in [4.78, 5) is 0. The van der Waals surface area contributed by atoms with Gasteiger partial charge < -0.3 is 0 Å². The molecule has 140 valence electrons. The highest BCUT2D eigenvalue weighted by molar-refractivity contribution is 8.12. The van der Waals surface area contributed by atoms with Crippen molar-refractivity contribution in [1.82, 2.24) is 0 Å². The van der Waals surface area contributed by atoms with E-state index in [2.05, 4.69) is 139 Å². The second-order valence-electron chi connectivity index (χ2n) is 15.2. The molecule has 0 aliphatic heterocycles. The summed E-state index contributed by atoms with van der Waals surface area (Å²) < 4.78 is 0. The van der Waals surface area contributed by atoms with E-state index in [1.807, 2.05) is 0 Å². The smallest absolute Gasteiger partial charge is 0.0559 e. The van der Waals surface area contributed by atoms with Gasteiger partial charge in [-0.15, -0.1) is 5.62 Å². The van der Waals surface area contributed by atoms with Gasteiger partial charge in [0.15, 0.2) is 0 Å². The molecule has 0 aromatic carbocycles. The number of rotatable bonds is 15. The standard InChI is InChI=1S/CH37B33/c2-23(3)20(24(4)5)1(21(25(6)7)32(26(8)9)27(10)11)22(33(28(12)13)29(14)15)34(30(16)17)31(18)19/h1H,2-19H2. The molecule has 0 saturated heterocycles. The van der Waals surface area contributed by atoms with Gasteiger partial charge in [0.1, 0.15) is 0 Å². The Hall–Kier alpha value is 2.14. The topological polar surface area (TPSA) is 0 Å². The third-order valence-corrected chi connectivity index (χ3v) is 9.59. The van der Waals surface area contributed by atoms with Crippen LogP contribution in [0.2, 0.25) is 5.62 Å². The van der Waals surface area contributed by atoms with Crippen molar-refractivity contribution in [3.05, 3.63) is 0 Å². The Labute approximate surface area is 239 Å². The van der Waals surface area contributed by atoms with Crippen LogP contribution in [0.25, 0.3) is 0 Å². The van der Waals surface area contributed by atoms with Gasteiger partial charge in [-0.2, -0.15) is 0 Å². The molecule has 0 spiro atoms. The van der Waals surface area contributed by atoms with Gasteiger partial charge in [0.25, 0.3) is 0 Å². The molecule has 0 radical (unpaired) electrons. The van der Waals surface area contributed by atoms with Crippen molar-refractivity contribution in [2.75, 3.05) is 0 Å². The first-order chi connectivity index (χ1) is 15.4. The van der Waals surface area contributed by atoms with Gasteiger partial charge in [0, 0.05) is 96.1 Å². The summed E-state index contributed by atoms with van der Waals surface area (Å²) in [5, 5.41) is 0. The zero-order valence-electron chi connectivity index (χ0n) is 27.2. The summed E-state index contributed by atoms with van der Waals surface area (Å²) in [7, 11) is 45.5. The molecule has 0 aromatic rings. The molecule has 0 N–H and O–H groups in total. The van der Waals surface area contributed by atoms with Crippen LogP contribution in [0, 0.1) is 0 Å². The Morgan fingerprint density at radius 3 is 0.618 bits per heavy atom. The van der Waals surface area contributed by atoms with E-state index in [1.165, 1.54) is 0 Å². The Morgan fingerprint density at radius 2 is 0.441 bits per heavy atom. The van der Waals surface area contributed by atoms with E-state index in [4.69, 9.17) is 0 Å². The molecule has 0 aliphatic carbocycles. The monoisotopic (exact) mass is 413 g/mol. The van der Waals surface area contributed by atoms with Crippen molar-refractivity contribution in [1.29, 1.82) is 0 Å². The highest BCUT2D eigenvalue weighted by Gasteiger charge is 2.54. The predicted octanol–water partition coefficient (Wildman–Crippen LogP) is -21.9. The minimum Gasteiger partial charge on any atom is -0.145 e. The molecule has 0 nitrogen and oxygen atoms in total. The Morgan fingerprint density at radius 1 is 0.235 bits per heavy atom. The van der Waals surface area contributed by atoms with Crippen molar-refractivity contribution in [2.45, 2.75) is 5.62 Å². The fourth-order valence-corrected chi connectivity index (χ4v) is 9.32. The molecule has 0 bridgehead atoms. The molecular formula is CH37B33. The van der Waals surface area contributed by atoms with E-state index in [1.54, 1.807) is 0 Å². The summed E-state index contributed by atoms with van der Waals surface area (Å²) in [6, 6.07) is 0. The van der Waals surface area contributed by atoms with Gasteiger partial charge in [-0.1, -0.05) is 0 Å². The van der Waals surface area contributed by atoms with E-state index in [0.29, 0.717) is 19.2 Å². The van der Waals surface area contributed by atoms with Gasteiger partial charge in [-0.25, -0.2) is 0 Å². The lowest BCUT2D eigenvalue weighted by Crippen LogP contribution is -2.83. The molecule has 0 aliphatic rings. The van der Waals surface area contributed by atoms with Gasteiger partial charge >= 0.3 is 0 Å². The lowest BCUT2D eigenvalue weighted by atomic mass is 8.41. The third-order valence-electron chi connectivity index (χ3n) is 9.59. The second-order valence-corrected chi connectivity index (χ2v) is 15.2. The van der Waals surface area contributed by atoms with Crippen molar-refractivity contribution >= 4 is 235 Å². The van der Waals surface area contributed by atoms with Crippen LogP contribution >= 0.6 is 0 Å². The third kappa shape index (κ3) is 9.71. The number of hydrogen-bond acceptors (Lipinski definition) is 0. The van der Waals surface area contributed by atoms with Crippen molar-refractivity contribution in [2.24, 2.45) is 0 Å². The molecular weight excluding hydrogens is 369 g/mol. The van der Waals surface area contributed by atoms with Crippen LogP contribution in [0.5, 0.6) is 0 Å². The van der Waals surface area contributed by atoms with E-state index in [0.717, 1.165) is 82.6 Å². The molecule has 0 rings (SSSR count). The van der Waals surface area contributed by atoms with Crippen LogP contribution in [0.3, 0.4) is 0 Å². The fraction of sp³-hybridized carbons (Fsp3) is 1.00. The first kappa shape index (κ1) is 36.1. The highest BCUT2D eigenvalue weighted by Crippen LogP contribution is 2.27. The molecule has 0 saturated carbocycles. The summed E-state index contributed by atoms with van der Waals surface area (Å²) in [6.45, 7) is 2.29. The largest absolute Gasteiger partial charge is 0.145 e. The molecule has 33 heteroatoms. The van der Waals surface area contributed by atoms with Crippen LogP contribution < -0.4 is 0 Å². The first-order valence-corrected chi connectivity index (χ1v) is 15.4. The summed E-state index contributed by atoms with van der Waals surface area (Å²) in [6.07, 6.45) is 8.77. The van der Waals surface area contributed by atoms with Crippen LogP contribution in [-0.4, -0.2) is 235 Å².